The fourth-order valence-corrected chi connectivity index (χ4v) is 3.86. The molecule has 2 atom stereocenters. The molecule has 0 spiro atoms. The van der Waals surface area contributed by atoms with E-state index in [1.54, 1.807) is 0 Å². The maximum absolute atomic E-state index is 5.85. The second kappa shape index (κ2) is 7.92. The Balaban J connectivity index is 2.09. The first-order valence-electron chi connectivity index (χ1n) is 8.20. The van der Waals surface area contributed by atoms with Crippen molar-refractivity contribution in [2.75, 3.05) is 7.11 Å². The Hall–Kier alpha value is -0.900. The Morgan fingerprint density at radius 2 is 1.76 bits per heavy atom. The number of rotatable bonds is 6. The number of methoxy groups -OCH3 is 1. The molecule has 3 N–H and O–H groups in total. The minimum Gasteiger partial charge on any atom is -0.379 e. The maximum Gasteiger partial charge on any atom is 0.0769 e. The Morgan fingerprint density at radius 3 is 2.29 bits per heavy atom. The first-order chi connectivity index (χ1) is 10.1. The van der Waals surface area contributed by atoms with Gasteiger partial charge < -0.3 is 4.74 Å². The van der Waals surface area contributed by atoms with Gasteiger partial charge in [0.2, 0.25) is 0 Å². The first kappa shape index (κ1) is 16.5. The average Bonchev–Trinajstić information content (AvgIpc) is 2.47. The fraction of sp³-hybridized carbons (Fsp3) is 0.667. The Kier molecular flexibility index (Phi) is 6.22. The van der Waals surface area contributed by atoms with Crippen molar-refractivity contribution in [2.45, 2.75) is 64.5 Å². The molecule has 0 saturated heterocycles. The van der Waals surface area contributed by atoms with Gasteiger partial charge in [-0.15, -0.1) is 0 Å². The van der Waals surface area contributed by atoms with Gasteiger partial charge in [0.1, 0.15) is 0 Å². The van der Waals surface area contributed by atoms with Gasteiger partial charge in [0.15, 0.2) is 0 Å². The van der Waals surface area contributed by atoms with E-state index >= 15 is 0 Å². The van der Waals surface area contributed by atoms with E-state index in [1.165, 1.54) is 48.8 Å². The number of nitrogens with two attached hydrogens (primary N) is 1. The zero-order valence-electron chi connectivity index (χ0n) is 13.7. The van der Waals surface area contributed by atoms with Gasteiger partial charge in [-0.05, 0) is 44.6 Å². The lowest BCUT2D eigenvalue weighted by molar-refractivity contribution is 0.00827. The van der Waals surface area contributed by atoms with Gasteiger partial charge in [0.05, 0.1) is 12.1 Å². The zero-order valence-corrected chi connectivity index (χ0v) is 13.7. The number of hydrazine groups is 1. The van der Waals surface area contributed by atoms with Gasteiger partial charge >= 0.3 is 0 Å². The maximum atomic E-state index is 5.85. The molecule has 1 aromatic carbocycles. The van der Waals surface area contributed by atoms with Crippen LogP contribution in [0.5, 0.6) is 0 Å². The SMILES string of the molecule is COC(C1CCCCC1)C(Cc1cc(C)cc(C)c1)NN. The quantitative estimate of drug-likeness (QED) is 0.624. The summed E-state index contributed by atoms with van der Waals surface area (Å²) >= 11 is 0. The van der Waals surface area contributed by atoms with E-state index in [1.807, 2.05) is 7.11 Å². The van der Waals surface area contributed by atoms with Crippen molar-refractivity contribution in [1.82, 2.24) is 5.43 Å². The molecule has 2 rings (SSSR count). The lowest BCUT2D eigenvalue weighted by Gasteiger charge is -2.34. The minimum atomic E-state index is 0.180. The Labute approximate surface area is 129 Å². The van der Waals surface area contributed by atoms with Crippen LogP contribution < -0.4 is 11.3 Å². The number of hydrogen-bond donors (Lipinski definition) is 2. The lowest BCUT2D eigenvalue weighted by Crippen LogP contribution is -2.49. The first-order valence-corrected chi connectivity index (χ1v) is 8.20. The Bertz CT molecular complexity index is 421. The van der Waals surface area contributed by atoms with Crippen LogP contribution in [0.25, 0.3) is 0 Å². The molecule has 0 aromatic heterocycles. The standard InChI is InChI=1S/C18H30N2O/c1-13-9-14(2)11-15(10-13)12-17(20-19)18(21-3)16-7-5-4-6-8-16/h9-11,16-18,20H,4-8,12,19H2,1-3H3. The summed E-state index contributed by atoms with van der Waals surface area (Å²) in [5.41, 5.74) is 6.98. The summed E-state index contributed by atoms with van der Waals surface area (Å²) < 4.78 is 5.83. The number of ether oxygens (including phenoxy) is 1. The molecule has 0 radical (unpaired) electrons. The molecule has 3 nitrogen and oxygen atoms in total. The lowest BCUT2D eigenvalue weighted by atomic mass is 9.81. The monoisotopic (exact) mass is 290 g/mol. The van der Waals surface area contributed by atoms with Crippen molar-refractivity contribution < 1.29 is 4.74 Å². The average molecular weight is 290 g/mol. The van der Waals surface area contributed by atoms with Gasteiger partial charge in [-0.3, -0.25) is 11.3 Å². The molecule has 1 aliphatic rings. The predicted octanol–water partition coefficient (Wildman–Crippen LogP) is 3.27. The van der Waals surface area contributed by atoms with Crippen LogP contribution in [0.1, 0.15) is 48.8 Å². The number of aryl methyl sites for hydroxylation is 2. The van der Waals surface area contributed by atoms with Gasteiger partial charge in [-0.2, -0.15) is 0 Å². The van der Waals surface area contributed by atoms with E-state index in [4.69, 9.17) is 10.6 Å². The molecular formula is C18H30N2O. The molecule has 1 fully saturated rings. The molecule has 0 heterocycles. The molecule has 1 aliphatic carbocycles. The zero-order chi connectivity index (χ0) is 15.2. The van der Waals surface area contributed by atoms with Crippen LogP contribution in [-0.4, -0.2) is 19.3 Å². The van der Waals surface area contributed by atoms with E-state index in [-0.39, 0.29) is 12.1 Å². The normalized spacial score (nSPS) is 19.4. The highest BCUT2D eigenvalue weighted by Crippen LogP contribution is 2.30. The van der Waals surface area contributed by atoms with Crippen molar-refractivity contribution in [2.24, 2.45) is 11.8 Å². The van der Waals surface area contributed by atoms with Crippen LogP contribution in [0.4, 0.5) is 0 Å². The van der Waals surface area contributed by atoms with Crippen LogP contribution in [-0.2, 0) is 11.2 Å². The van der Waals surface area contributed by atoms with Crippen molar-refractivity contribution >= 4 is 0 Å². The molecular weight excluding hydrogens is 260 g/mol. The van der Waals surface area contributed by atoms with Gasteiger partial charge in [-0.1, -0.05) is 48.6 Å². The summed E-state index contributed by atoms with van der Waals surface area (Å²) in [6.45, 7) is 4.30. The van der Waals surface area contributed by atoms with Crippen molar-refractivity contribution in [1.29, 1.82) is 0 Å². The highest BCUT2D eigenvalue weighted by Gasteiger charge is 2.30. The molecule has 0 bridgehead atoms. The number of benzene rings is 1. The highest BCUT2D eigenvalue weighted by atomic mass is 16.5. The third-order valence-corrected chi connectivity index (χ3v) is 4.73. The third kappa shape index (κ3) is 4.53. The molecule has 3 heteroatoms. The van der Waals surface area contributed by atoms with E-state index in [0.29, 0.717) is 5.92 Å². The van der Waals surface area contributed by atoms with Crippen LogP contribution in [0, 0.1) is 19.8 Å². The van der Waals surface area contributed by atoms with E-state index < -0.39 is 0 Å². The summed E-state index contributed by atoms with van der Waals surface area (Å²) in [6, 6.07) is 6.90. The topological polar surface area (TPSA) is 47.3 Å². The van der Waals surface area contributed by atoms with E-state index in [2.05, 4.69) is 37.5 Å². The summed E-state index contributed by atoms with van der Waals surface area (Å²) in [5, 5.41) is 0. The van der Waals surface area contributed by atoms with Crippen molar-refractivity contribution in [3.63, 3.8) is 0 Å². The molecule has 2 unspecified atom stereocenters. The van der Waals surface area contributed by atoms with E-state index in [0.717, 1.165) is 6.42 Å². The van der Waals surface area contributed by atoms with Crippen molar-refractivity contribution in [3.05, 3.63) is 34.9 Å². The van der Waals surface area contributed by atoms with E-state index in [9.17, 15) is 0 Å². The predicted molar refractivity (Wildman–Crippen MR) is 88.1 cm³/mol. The fourth-order valence-electron chi connectivity index (χ4n) is 3.86. The molecule has 0 aliphatic heterocycles. The minimum absolute atomic E-state index is 0.180. The summed E-state index contributed by atoms with van der Waals surface area (Å²) in [7, 11) is 1.82. The Morgan fingerprint density at radius 1 is 1.14 bits per heavy atom. The van der Waals surface area contributed by atoms with Crippen LogP contribution in [0.3, 0.4) is 0 Å². The van der Waals surface area contributed by atoms with Gasteiger partial charge in [0.25, 0.3) is 0 Å². The smallest absolute Gasteiger partial charge is 0.0769 e. The van der Waals surface area contributed by atoms with Crippen molar-refractivity contribution in [3.8, 4) is 0 Å². The summed E-state index contributed by atoms with van der Waals surface area (Å²) in [6.07, 6.45) is 7.68. The van der Waals surface area contributed by atoms with Crippen LogP contribution in [0.15, 0.2) is 18.2 Å². The molecule has 21 heavy (non-hydrogen) atoms. The second-order valence-corrected chi connectivity index (χ2v) is 6.57. The summed E-state index contributed by atoms with van der Waals surface area (Å²) in [5.74, 6) is 6.48. The molecule has 1 saturated carbocycles. The van der Waals surface area contributed by atoms with Gasteiger partial charge in [0, 0.05) is 7.11 Å². The summed E-state index contributed by atoms with van der Waals surface area (Å²) in [4.78, 5) is 0. The number of hydrogen-bond acceptors (Lipinski definition) is 3. The van der Waals surface area contributed by atoms with Gasteiger partial charge in [-0.25, -0.2) is 0 Å². The molecule has 0 amide bonds. The highest BCUT2D eigenvalue weighted by molar-refractivity contribution is 5.29. The van der Waals surface area contributed by atoms with Crippen LogP contribution in [0.2, 0.25) is 0 Å². The second-order valence-electron chi connectivity index (χ2n) is 6.57. The molecule has 118 valence electrons. The van der Waals surface area contributed by atoms with Crippen LogP contribution >= 0.6 is 0 Å². The number of nitrogens with one attached hydrogen (secondary N) is 1. The largest absolute Gasteiger partial charge is 0.379 e. The molecule has 1 aromatic rings. The third-order valence-electron chi connectivity index (χ3n) is 4.73.